The van der Waals surface area contributed by atoms with Gasteiger partial charge >= 0.3 is 0 Å². The first kappa shape index (κ1) is 29.4. The second kappa shape index (κ2) is 12.0. The zero-order valence-electron chi connectivity index (χ0n) is 24.5. The van der Waals surface area contributed by atoms with Crippen molar-refractivity contribution >= 4 is 34.9 Å². The predicted octanol–water partition coefficient (Wildman–Crippen LogP) is 3.57. The van der Waals surface area contributed by atoms with E-state index in [2.05, 4.69) is 32.7 Å². The van der Waals surface area contributed by atoms with Gasteiger partial charge in [0.15, 0.2) is 16.5 Å². The Bertz CT molecular complexity index is 1360. The third kappa shape index (κ3) is 6.22. The molecule has 1 aliphatic carbocycles. The lowest BCUT2D eigenvalue weighted by Crippen LogP contribution is -2.49. The van der Waals surface area contributed by atoms with E-state index in [0.29, 0.717) is 28.5 Å². The topological polar surface area (TPSA) is 141 Å². The number of nitrogens with one attached hydrogen (secondary N) is 2. The average molecular weight is 584 g/mol. The van der Waals surface area contributed by atoms with E-state index in [4.69, 9.17) is 9.72 Å². The number of rotatable bonds is 7. The van der Waals surface area contributed by atoms with Crippen molar-refractivity contribution in [2.24, 2.45) is 5.10 Å². The van der Waals surface area contributed by atoms with Crippen LogP contribution in [0.15, 0.2) is 29.5 Å². The SMILES string of the molecule is COc1cc(C(=O)NC2CCN(C)CC2)ccc1Nc1ncc2c(n1)N(C1CCCC1)CC(C)(F)C(=N[N+](=O)[O-])N2C. The van der Waals surface area contributed by atoms with E-state index >= 15 is 4.39 Å². The molecule has 3 heterocycles. The van der Waals surface area contributed by atoms with E-state index in [1.54, 1.807) is 18.2 Å². The summed E-state index contributed by atoms with van der Waals surface area (Å²) in [6.07, 6.45) is 7.07. The van der Waals surface area contributed by atoms with Crippen molar-refractivity contribution in [2.45, 2.75) is 63.2 Å². The van der Waals surface area contributed by atoms with Gasteiger partial charge in [0.1, 0.15) is 11.4 Å². The number of hydrogen-bond acceptors (Lipinski definition) is 9. The van der Waals surface area contributed by atoms with Gasteiger partial charge in [-0.3, -0.25) is 4.79 Å². The highest BCUT2D eigenvalue weighted by Crippen LogP contribution is 2.40. The first-order valence-corrected chi connectivity index (χ1v) is 14.3. The van der Waals surface area contributed by atoms with Crippen LogP contribution in [0, 0.1) is 10.1 Å². The van der Waals surface area contributed by atoms with Gasteiger partial charge in [-0.05, 0) is 70.9 Å². The molecule has 2 aliphatic heterocycles. The van der Waals surface area contributed by atoms with Crippen LogP contribution in [0.25, 0.3) is 0 Å². The van der Waals surface area contributed by atoms with E-state index in [1.165, 1.54) is 32.2 Å². The lowest BCUT2D eigenvalue weighted by atomic mass is 10.0. The fraction of sp³-hybridized carbons (Fsp3) is 0.571. The van der Waals surface area contributed by atoms with Crippen molar-refractivity contribution in [3.8, 4) is 5.75 Å². The van der Waals surface area contributed by atoms with Crippen molar-refractivity contribution in [3.05, 3.63) is 40.1 Å². The maximum absolute atomic E-state index is 16.1. The summed E-state index contributed by atoms with van der Waals surface area (Å²) in [7, 11) is 5.13. The number of amidine groups is 1. The number of likely N-dealkylation sites (tertiary alicyclic amines) is 1. The van der Waals surface area contributed by atoms with Crippen molar-refractivity contribution in [2.75, 3.05) is 56.0 Å². The van der Waals surface area contributed by atoms with Crippen LogP contribution in [0.4, 0.5) is 27.5 Å². The summed E-state index contributed by atoms with van der Waals surface area (Å²) >= 11 is 0. The molecule has 1 atom stereocenters. The van der Waals surface area contributed by atoms with Crippen molar-refractivity contribution in [3.63, 3.8) is 0 Å². The minimum atomic E-state index is -2.11. The number of aromatic nitrogens is 2. The summed E-state index contributed by atoms with van der Waals surface area (Å²) in [5.74, 6) is 0.669. The molecular formula is C28H38FN9O4. The second-order valence-electron chi connectivity index (χ2n) is 11.5. The molecule has 2 aromatic rings. The normalized spacial score (nSPS) is 23.0. The molecule has 1 unspecified atom stereocenters. The first-order chi connectivity index (χ1) is 20.1. The zero-order valence-corrected chi connectivity index (χ0v) is 24.5. The molecule has 1 aromatic carbocycles. The smallest absolute Gasteiger partial charge is 0.251 e. The van der Waals surface area contributed by atoms with E-state index in [0.717, 1.165) is 51.6 Å². The fourth-order valence-electron chi connectivity index (χ4n) is 6.05. The molecule has 0 radical (unpaired) electrons. The number of fused-ring (bicyclic) bond motifs is 1. The number of anilines is 4. The van der Waals surface area contributed by atoms with E-state index in [1.807, 2.05) is 4.90 Å². The summed E-state index contributed by atoms with van der Waals surface area (Å²) in [5, 5.41) is 20.1. The molecule has 42 heavy (non-hydrogen) atoms. The third-order valence-corrected chi connectivity index (χ3v) is 8.34. The number of piperidine rings is 1. The van der Waals surface area contributed by atoms with Crippen molar-refractivity contribution in [1.82, 2.24) is 20.2 Å². The van der Waals surface area contributed by atoms with Gasteiger partial charge in [0.05, 0.1) is 30.6 Å². The molecule has 5 rings (SSSR count). The lowest BCUT2D eigenvalue weighted by molar-refractivity contribution is -0.485. The fourth-order valence-corrected chi connectivity index (χ4v) is 6.05. The van der Waals surface area contributed by atoms with Gasteiger partial charge in [0.2, 0.25) is 11.8 Å². The van der Waals surface area contributed by atoms with Crippen LogP contribution in [-0.2, 0) is 0 Å². The molecule has 2 N–H and O–H groups in total. The minimum absolute atomic E-state index is 0.0295. The van der Waals surface area contributed by atoms with Gasteiger partial charge in [-0.1, -0.05) is 12.8 Å². The zero-order chi connectivity index (χ0) is 30.0. The molecular weight excluding hydrogens is 545 g/mol. The average Bonchev–Trinajstić information content (AvgIpc) is 3.48. The highest BCUT2D eigenvalue weighted by Gasteiger charge is 2.45. The molecule has 3 aliphatic rings. The number of nitrogens with zero attached hydrogens (tertiary/aromatic N) is 7. The molecule has 0 spiro atoms. The number of ether oxygens (including phenoxy) is 1. The summed E-state index contributed by atoms with van der Waals surface area (Å²) in [5.41, 5.74) is -0.657. The van der Waals surface area contributed by atoms with Crippen LogP contribution < -0.4 is 25.2 Å². The number of halogens is 1. The summed E-state index contributed by atoms with van der Waals surface area (Å²) in [6, 6.07) is 5.28. The number of amides is 1. The summed E-state index contributed by atoms with van der Waals surface area (Å²) < 4.78 is 21.6. The molecule has 1 aromatic heterocycles. The maximum atomic E-state index is 16.1. The van der Waals surface area contributed by atoms with Gasteiger partial charge in [-0.25, -0.2) is 19.5 Å². The quantitative estimate of drug-likeness (QED) is 0.367. The summed E-state index contributed by atoms with van der Waals surface area (Å²) in [6.45, 7) is 3.06. The van der Waals surface area contributed by atoms with Gasteiger partial charge in [-0.2, -0.15) is 4.98 Å². The van der Waals surface area contributed by atoms with Crippen LogP contribution in [0.3, 0.4) is 0 Å². The number of hydrazone groups is 1. The largest absolute Gasteiger partial charge is 0.495 e. The van der Waals surface area contributed by atoms with Crippen LogP contribution in [0.1, 0.15) is 55.8 Å². The molecule has 13 nitrogen and oxygen atoms in total. The number of nitro groups is 1. The molecule has 0 bridgehead atoms. The first-order valence-electron chi connectivity index (χ1n) is 14.3. The Balaban J connectivity index is 1.43. The van der Waals surface area contributed by atoms with Gasteiger partial charge in [-0.15, -0.1) is 0 Å². The van der Waals surface area contributed by atoms with Gasteiger partial charge in [0, 0.05) is 24.7 Å². The maximum Gasteiger partial charge on any atom is 0.251 e. The van der Waals surface area contributed by atoms with E-state index < -0.39 is 10.7 Å². The Morgan fingerprint density at radius 1 is 1.21 bits per heavy atom. The molecule has 14 heteroatoms. The Labute approximate surface area is 244 Å². The summed E-state index contributed by atoms with van der Waals surface area (Å²) in [4.78, 5) is 38.9. The molecule has 226 valence electrons. The minimum Gasteiger partial charge on any atom is -0.495 e. The molecule has 1 saturated heterocycles. The third-order valence-electron chi connectivity index (χ3n) is 8.34. The monoisotopic (exact) mass is 583 g/mol. The number of methoxy groups -OCH3 is 1. The Morgan fingerprint density at radius 2 is 1.93 bits per heavy atom. The van der Waals surface area contributed by atoms with Crippen LogP contribution in [0.5, 0.6) is 5.75 Å². The number of benzene rings is 1. The number of hydrogen-bond donors (Lipinski definition) is 2. The standard InChI is InChI=1S/C28H38FN9O4/c1-28(29)17-37(20-7-5-6-8-20)24-22(36(3)26(28)34-38(40)41)16-30-27(33-24)32-21-10-9-18(15-23(21)42-4)25(39)31-19-11-13-35(2)14-12-19/h9-10,15-16,19-20H,5-8,11-14,17H2,1-4H3,(H,31,39)(H,30,32,33). The molecule has 1 amide bonds. The number of carbonyl (C=O) groups is 1. The van der Waals surface area contributed by atoms with E-state index in [-0.39, 0.29) is 36.3 Å². The van der Waals surface area contributed by atoms with Crippen LogP contribution >= 0.6 is 0 Å². The Kier molecular flexibility index (Phi) is 8.43. The van der Waals surface area contributed by atoms with Gasteiger partial charge in [0.25, 0.3) is 5.91 Å². The van der Waals surface area contributed by atoms with Crippen LogP contribution in [-0.4, -0.2) is 90.2 Å². The van der Waals surface area contributed by atoms with Gasteiger partial charge < -0.3 is 30.1 Å². The lowest BCUT2D eigenvalue weighted by Gasteiger charge is -2.32. The Morgan fingerprint density at radius 3 is 2.60 bits per heavy atom. The van der Waals surface area contributed by atoms with Crippen molar-refractivity contribution in [1.29, 1.82) is 0 Å². The highest BCUT2D eigenvalue weighted by molar-refractivity contribution is 6.06. The second-order valence-corrected chi connectivity index (χ2v) is 11.5. The highest BCUT2D eigenvalue weighted by atomic mass is 19.1. The van der Waals surface area contributed by atoms with Crippen molar-refractivity contribution < 1.29 is 19.0 Å². The molecule has 2 fully saturated rings. The number of carbonyl (C=O) groups excluding carboxylic acids is 1. The van der Waals surface area contributed by atoms with E-state index in [9.17, 15) is 14.9 Å². The van der Waals surface area contributed by atoms with Crippen LogP contribution in [0.2, 0.25) is 0 Å². The Hall–Kier alpha value is -4.07. The number of alkyl halides is 1. The predicted molar refractivity (Wildman–Crippen MR) is 158 cm³/mol. The molecule has 1 saturated carbocycles.